The number of hydrogen-bond acceptors (Lipinski definition) is 4. The van der Waals surface area contributed by atoms with Crippen LogP contribution in [0.1, 0.15) is 5.56 Å². The van der Waals surface area contributed by atoms with Crippen LogP contribution in [0, 0.1) is 0 Å². The largest absolute Gasteiger partial charge is 0.478 e. The van der Waals surface area contributed by atoms with E-state index in [0.29, 0.717) is 24.6 Å². The topological polar surface area (TPSA) is 70.5 Å². The Morgan fingerprint density at radius 3 is 2.83 bits per heavy atom. The Morgan fingerprint density at radius 2 is 2.17 bits per heavy atom. The van der Waals surface area contributed by atoms with Gasteiger partial charge >= 0.3 is 5.97 Å². The SMILES string of the molecule is O=C(O)/C=C/c1cccnc1N1CCS(=O)CC1. The van der Waals surface area contributed by atoms with Crippen molar-refractivity contribution >= 4 is 28.7 Å². The van der Waals surface area contributed by atoms with E-state index in [1.54, 1.807) is 12.3 Å². The molecule has 1 aromatic rings. The van der Waals surface area contributed by atoms with E-state index in [4.69, 9.17) is 5.11 Å². The quantitative estimate of drug-likeness (QED) is 0.817. The van der Waals surface area contributed by atoms with Crippen molar-refractivity contribution in [1.82, 2.24) is 4.98 Å². The molecular formula is C12H14N2O3S. The zero-order chi connectivity index (χ0) is 13.0. The zero-order valence-electron chi connectivity index (χ0n) is 9.78. The van der Waals surface area contributed by atoms with Gasteiger partial charge in [-0.15, -0.1) is 0 Å². The van der Waals surface area contributed by atoms with Gasteiger partial charge in [0.1, 0.15) is 5.82 Å². The van der Waals surface area contributed by atoms with Crippen molar-refractivity contribution in [3.8, 4) is 0 Å². The van der Waals surface area contributed by atoms with Gasteiger partial charge in [-0.05, 0) is 18.2 Å². The summed E-state index contributed by atoms with van der Waals surface area (Å²) in [6, 6.07) is 3.60. The summed E-state index contributed by atoms with van der Waals surface area (Å²) in [5.74, 6) is 1.05. The Labute approximate surface area is 108 Å². The third-order valence-electron chi connectivity index (χ3n) is 2.70. The maximum absolute atomic E-state index is 11.3. The Kier molecular flexibility index (Phi) is 4.09. The molecule has 0 atom stereocenters. The van der Waals surface area contributed by atoms with Crippen LogP contribution in [0.4, 0.5) is 5.82 Å². The fraction of sp³-hybridized carbons (Fsp3) is 0.333. The van der Waals surface area contributed by atoms with E-state index in [9.17, 15) is 9.00 Å². The van der Waals surface area contributed by atoms with Gasteiger partial charge in [-0.25, -0.2) is 9.78 Å². The summed E-state index contributed by atoms with van der Waals surface area (Å²) in [5.41, 5.74) is 0.771. The van der Waals surface area contributed by atoms with Crippen LogP contribution in [-0.2, 0) is 15.6 Å². The number of carboxylic acid groups (broad SMARTS) is 1. The predicted octanol–water partition coefficient (Wildman–Crippen LogP) is 0.748. The number of aromatic nitrogens is 1. The van der Waals surface area contributed by atoms with E-state index in [1.165, 1.54) is 6.08 Å². The summed E-state index contributed by atoms with van der Waals surface area (Å²) in [4.78, 5) is 16.9. The number of pyridine rings is 1. The summed E-state index contributed by atoms with van der Waals surface area (Å²) in [6.07, 6.45) is 4.32. The Balaban J connectivity index is 2.21. The second-order valence-corrected chi connectivity index (χ2v) is 5.62. The summed E-state index contributed by atoms with van der Waals surface area (Å²) in [5, 5.41) is 8.65. The molecule has 0 aromatic carbocycles. The average molecular weight is 266 g/mol. The van der Waals surface area contributed by atoms with Crippen LogP contribution in [0.2, 0.25) is 0 Å². The lowest BCUT2D eigenvalue weighted by Gasteiger charge is -2.28. The van der Waals surface area contributed by atoms with Gasteiger partial charge in [-0.1, -0.05) is 0 Å². The molecule has 6 heteroatoms. The molecule has 1 saturated heterocycles. The lowest BCUT2D eigenvalue weighted by Crippen LogP contribution is -2.38. The van der Waals surface area contributed by atoms with Crippen molar-refractivity contribution in [1.29, 1.82) is 0 Å². The van der Waals surface area contributed by atoms with Gasteiger partial charge in [-0.2, -0.15) is 0 Å². The number of aliphatic carboxylic acids is 1. The van der Waals surface area contributed by atoms with Gasteiger partial charge in [-0.3, -0.25) is 4.21 Å². The Bertz CT molecular complexity index is 492. The molecule has 1 fully saturated rings. The first-order chi connectivity index (χ1) is 8.66. The smallest absolute Gasteiger partial charge is 0.328 e. The molecule has 1 N–H and O–H groups in total. The van der Waals surface area contributed by atoms with E-state index in [-0.39, 0.29) is 0 Å². The van der Waals surface area contributed by atoms with Crippen LogP contribution in [0.5, 0.6) is 0 Å². The van der Waals surface area contributed by atoms with E-state index < -0.39 is 16.8 Å². The summed E-state index contributed by atoms with van der Waals surface area (Å²) < 4.78 is 11.3. The van der Waals surface area contributed by atoms with Crippen molar-refractivity contribution in [3.05, 3.63) is 30.0 Å². The highest BCUT2D eigenvalue weighted by Crippen LogP contribution is 2.20. The number of carbonyl (C=O) groups is 1. The van der Waals surface area contributed by atoms with Crippen LogP contribution in [-0.4, -0.2) is 44.9 Å². The molecule has 2 rings (SSSR count). The Morgan fingerprint density at radius 1 is 1.44 bits per heavy atom. The molecule has 1 aromatic heterocycles. The average Bonchev–Trinajstić information content (AvgIpc) is 2.38. The molecule has 0 radical (unpaired) electrons. The van der Waals surface area contributed by atoms with E-state index >= 15 is 0 Å². The van der Waals surface area contributed by atoms with Gasteiger partial charge in [0, 0.05) is 53.2 Å². The van der Waals surface area contributed by atoms with Gasteiger partial charge in [0.05, 0.1) is 0 Å². The number of nitrogens with zero attached hydrogens (tertiary/aromatic N) is 2. The Hall–Kier alpha value is -1.69. The minimum Gasteiger partial charge on any atom is -0.478 e. The highest BCUT2D eigenvalue weighted by Gasteiger charge is 2.18. The van der Waals surface area contributed by atoms with Crippen molar-refractivity contribution in [2.45, 2.75) is 0 Å². The first kappa shape index (κ1) is 12.8. The van der Waals surface area contributed by atoms with Crippen molar-refractivity contribution in [2.75, 3.05) is 29.5 Å². The summed E-state index contributed by atoms with van der Waals surface area (Å²) in [7, 11) is -0.734. The molecule has 0 saturated carbocycles. The molecule has 5 nitrogen and oxygen atoms in total. The monoisotopic (exact) mass is 266 g/mol. The van der Waals surface area contributed by atoms with Gasteiger partial charge in [0.25, 0.3) is 0 Å². The molecule has 2 heterocycles. The lowest BCUT2D eigenvalue weighted by molar-refractivity contribution is -0.131. The lowest BCUT2D eigenvalue weighted by atomic mass is 10.2. The number of hydrogen-bond donors (Lipinski definition) is 1. The number of carboxylic acids is 1. The van der Waals surface area contributed by atoms with Crippen molar-refractivity contribution in [2.24, 2.45) is 0 Å². The molecule has 0 unspecified atom stereocenters. The fourth-order valence-electron chi connectivity index (χ4n) is 1.81. The number of rotatable bonds is 3. The highest BCUT2D eigenvalue weighted by atomic mass is 32.2. The van der Waals surface area contributed by atoms with Gasteiger partial charge in [0.2, 0.25) is 0 Å². The van der Waals surface area contributed by atoms with Crippen LogP contribution >= 0.6 is 0 Å². The molecule has 0 spiro atoms. The normalized spacial score (nSPS) is 17.2. The van der Waals surface area contributed by atoms with Crippen LogP contribution in [0.25, 0.3) is 6.08 Å². The van der Waals surface area contributed by atoms with E-state index in [0.717, 1.165) is 17.5 Å². The maximum atomic E-state index is 11.3. The second kappa shape index (κ2) is 5.77. The van der Waals surface area contributed by atoms with Crippen molar-refractivity contribution in [3.63, 3.8) is 0 Å². The predicted molar refractivity (Wildman–Crippen MR) is 71.0 cm³/mol. The molecule has 96 valence electrons. The molecule has 18 heavy (non-hydrogen) atoms. The molecule has 0 bridgehead atoms. The van der Waals surface area contributed by atoms with Crippen LogP contribution in [0.15, 0.2) is 24.4 Å². The standard InChI is InChI=1S/C12H14N2O3S/c15-11(16)4-3-10-2-1-5-13-12(10)14-6-8-18(17)9-7-14/h1-5H,6-9H2,(H,15,16)/b4-3+. The van der Waals surface area contributed by atoms with E-state index in [2.05, 4.69) is 4.98 Å². The van der Waals surface area contributed by atoms with E-state index in [1.807, 2.05) is 11.0 Å². The first-order valence-corrected chi connectivity index (χ1v) is 7.11. The minimum absolute atomic E-state index is 0.638. The van der Waals surface area contributed by atoms with Crippen LogP contribution < -0.4 is 4.90 Å². The molecule has 0 amide bonds. The third-order valence-corrected chi connectivity index (χ3v) is 3.98. The van der Waals surface area contributed by atoms with Crippen molar-refractivity contribution < 1.29 is 14.1 Å². The highest BCUT2D eigenvalue weighted by molar-refractivity contribution is 7.85. The summed E-state index contributed by atoms with van der Waals surface area (Å²) in [6.45, 7) is 1.38. The molecule has 0 aliphatic carbocycles. The first-order valence-electron chi connectivity index (χ1n) is 5.63. The minimum atomic E-state index is -0.982. The third kappa shape index (κ3) is 3.16. The second-order valence-electron chi connectivity index (χ2n) is 3.92. The molecule has 1 aliphatic heterocycles. The molecular weight excluding hydrogens is 252 g/mol. The zero-order valence-corrected chi connectivity index (χ0v) is 10.6. The molecule has 1 aliphatic rings. The van der Waals surface area contributed by atoms with Gasteiger partial charge in [0.15, 0.2) is 0 Å². The number of anilines is 1. The fourth-order valence-corrected chi connectivity index (χ4v) is 2.87. The summed E-state index contributed by atoms with van der Waals surface area (Å²) >= 11 is 0. The van der Waals surface area contributed by atoms with Crippen LogP contribution in [0.3, 0.4) is 0 Å². The maximum Gasteiger partial charge on any atom is 0.328 e. The van der Waals surface area contributed by atoms with Gasteiger partial charge < -0.3 is 10.0 Å².